The second-order valence-corrected chi connectivity index (χ2v) is 8.55. The van der Waals surface area contributed by atoms with Crippen molar-refractivity contribution in [2.45, 2.75) is 25.4 Å². The van der Waals surface area contributed by atoms with Gasteiger partial charge < -0.3 is 19.5 Å². The van der Waals surface area contributed by atoms with Gasteiger partial charge in [0.05, 0.1) is 43.1 Å². The van der Waals surface area contributed by atoms with Crippen LogP contribution in [0, 0.1) is 6.92 Å². The number of anilines is 1. The Morgan fingerprint density at radius 3 is 2.66 bits per heavy atom. The van der Waals surface area contributed by atoms with E-state index in [0.717, 1.165) is 10.6 Å². The summed E-state index contributed by atoms with van der Waals surface area (Å²) in [6.45, 7) is 2.32. The van der Waals surface area contributed by atoms with E-state index in [2.05, 4.69) is 4.98 Å². The Balaban J connectivity index is 1.63. The molecule has 1 aliphatic rings. The van der Waals surface area contributed by atoms with Crippen molar-refractivity contribution in [3.63, 3.8) is 0 Å². The van der Waals surface area contributed by atoms with Gasteiger partial charge in [-0.3, -0.25) is 9.59 Å². The lowest BCUT2D eigenvalue weighted by molar-refractivity contribution is -0.135. The lowest BCUT2D eigenvalue weighted by Crippen LogP contribution is -2.42. The Morgan fingerprint density at radius 1 is 1.19 bits per heavy atom. The third-order valence-corrected chi connectivity index (χ3v) is 6.77. The van der Waals surface area contributed by atoms with Gasteiger partial charge in [0.2, 0.25) is 0 Å². The van der Waals surface area contributed by atoms with Crippen LogP contribution in [0.4, 0.5) is 5.69 Å². The summed E-state index contributed by atoms with van der Waals surface area (Å²) < 4.78 is 10.5. The van der Waals surface area contributed by atoms with Gasteiger partial charge in [-0.05, 0) is 25.1 Å². The molecule has 0 aliphatic carbocycles. The first-order valence-corrected chi connectivity index (χ1v) is 11.0. The van der Waals surface area contributed by atoms with Crippen molar-refractivity contribution in [1.82, 2.24) is 4.98 Å². The zero-order chi connectivity index (χ0) is 22.9. The number of aliphatic hydroxyl groups is 1. The van der Waals surface area contributed by atoms with E-state index in [-0.39, 0.29) is 12.0 Å². The second kappa shape index (κ2) is 8.72. The molecule has 166 valence electrons. The summed E-state index contributed by atoms with van der Waals surface area (Å²) in [6.07, 6.45) is 0.231. The quantitative estimate of drug-likeness (QED) is 0.526. The first-order valence-electron chi connectivity index (χ1n) is 10.2. The molecular formula is C24H24N2O5S. The number of nitrogens with zero attached hydrogens (tertiary/aromatic N) is 2. The zero-order valence-electron chi connectivity index (χ0n) is 18.1. The van der Waals surface area contributed by atoms with Gasteiger partial charge in [-0.15, -0.1) is 11.3 Å². The molecule has 8 heteroatoms. The van der Waals surface area contributed by atoms with Gasteiger partial charge >= 0.3 is 0 Å². The maximum atomic E-state index is 13.4. The minimum absolute atomic E-state index is 0.283. The molecule has 1 aliphatic heterocycles. The number of hydrogen-bond acceptors (Lipinski definition) is 7. The fraction of sp³-hybridized carbons (Fsp3) is 0.292. The molecule has 1 amide bonds. The highest BCUT2D eigenvalue weighted by Gasteiger charge is 2.50. The van der Waals surface area contributed by atoms with E-state index in [9.17, 15) is 14.7 Å². The average molecular weight is 453 g/mol. The molecule has 0 bridgehead atoms. The topological polar surface area (TPSA) is 89.0 Å². The van der Waals surface area contributed by atoms with Crippen LogP contribution in [0.5, 0.6) is 11.5 Å². The van der Waals surface area contributed by atoms with E-state index in [1.807, 2.05) is 13.0 Å². The number of aromatic nitrogens is 1. The van der Waals surface area contributed by atoms with Crippen LogP contribution in [0.3, 0.4) is 0 Å². The Hall–Kier alpha value is -3.23. The predicted molar refractivity (Wildman–Crippen MR) is 122 cm³/mol. The SMILES string of the molecule is COc1ccc(C(=O)CC2(O)C(=O)N(CCc3scnc3C)c3ccccc32)c(OC)c1. The molecule has 2 heterocycles. The first kappa shape index (κ1) is 22.0. The van der Waals surface area contributed by atoms with Crippen molar-refractivity contribution < 1.29 is 24.2 Å². The molecule has 1 atom stereocenters. The maximum Gasteiger partial charge on any atom is 0.264 e. The van der Waals surface area contributed by atoms with Crippen molar-refractivity contribution >= 4 is 28.7 Å². The summed E-state index contributed by atoms with van der Waals surface area (Å²) in [4.78, 5) is 33.5. The summed E-state index contributed by atoms with van der Waals surface area (Å²) in [6, 6.07) is 11.9. The van der Waals surface area contributed by atoms with Crippen LogP contribution in [0.15, 0.2) is 48.0 Å². The minimum atomic E-state index is -1.94. The van der Waals surface area contributed by atoms with Gasteiger partial charge in [0, 0.05) is 29.5 Å². The van der Waals surface area contributed by atoms with Gasteiger partial charge in [-0.25, -0.2) is 4.98 Å². The van der Waals surface area contributed by atoms with E-state index >= 15 is 0 Å². The Morgan fingerprint density at radius 2 is 1.97 bits per heavy atom. The van der Waals surface area contributed by atoms with Gasteiger partial charge in [0.15, 0.2) is 11.4 Å². The number of fused-ring (bicyclic) bond motifs is 1. The summed E-state index contributed by atoms with van der Waals surface area (Å²) in [7, 11) is 2.98. The molecule has 7 nitrogen and oxygen atoms in total. The fourth-order valence-corrected chi connectivity index (χ4v) is 4.81. The minimum Gasteiger partial charge on any atom is -0.497 e. The number of para-hydroxylation sites is 1. The molecule has 0 fully saturated rings. The largest absolute Gasteiger partial charge is 0.497 e. The second-order valence-electron chi connectivity index (χ2n) is 7.61. The number of hydrogen-bond donors (Lipinski definition) is 1. The van der Waals surface area contributed by atoms with E-state index in [1.54, 1.807) is 58.1 Å². The van der Waals surface area contributed by atoms with Crippen molar-refractivity contribution in [2.24, 2.45) is 0 Å². The molecule has 0 saturated heterocycles. The third kappa shape index (κ3) is 3.76. The predicted octanol–water partition coefficient (Wildman–Crippen LogP) is 3.52. The van der Waals surface area contributed by atoms with E-state index in [4.69, 9.17) is 9.47 Å². The number of benzene rings is 2. The summed E-state index contributed by atoms with van der Waals surface area (Å²) in [5, 5.41) is 11.5. The number of methoxy groups -OCH3 is 2. The van der Waals surface area contributed by atoms with Crippen LogP contribution in [0.2, 0.25) is 0 Å². The average Bonchev–Trinajstić information content (AvgIpc) is 3.31. The number of thiazole rings is 1. The molecule has 3 aromatic rings. The molecule has 1 N–H and O–H groups in total. The number of carbonyl (C=O) groups is 2. The van der Waals surface area contributed by atoms with E-state index < -0.39 is 17.3 Å². The number of aryl methyl sites for hydroxylation is 1. The summed E-state index contributed by atoms with van der Waals surface area (Å²) in [5.41, 5.74) is 2.12. The smallest absolute Gasteiger partial charge is 0.264 e. The lowest BCUT2D eigenvalue weighted by atomic mass is 9.88. The molecular weight excluding hydrogens is 428 g/mol. The normalized spacial score (nSPS) is 17.4. The zero-order valence-corrected chi connectivity index (χ0v) is 18.9. The van der Waals surface area contributed by atoms with Crippen LogP contribution in [-0.4, -0.2) is 42.5 Å². The summed E-state index contributed by atoms with van der Waals surface area (Å²) >= 11 is 1.54. The number of carbonyl (C=O) groups excluding carboxylic acids is 2. The molecule has 1 unspecified atom stereocenters. The maximum absolute atomic E-state index is 13.4. The first-order chi connectivity index (χ1) is 15.4. The van der Waals surface area contributed by atoms with Crippen LogP contribution in [0.25, 0.3) is 0 Å². The molecule has 4 rings (SSSR count). The van der Waals surface area contributed by atoms with Gasteiger partial charge in [-0.1, -0.05) is 18.2 Å². The van der Waals surface area contributed by atoms with E-state index in [1.165, 1.54) is 14.2 Å². The lowest BCUT2D eigenvalue weighted by Gasteiger charge is -2.23. The summed E-state index contributed by atoms with van der Waals surface area (Å²) in [5.74, 6) is -0.0184. The van der Waals surface area contributed by atoms with Crippen molar-refractivity contribution in [3.05, 3.63) is 69.7 Å². The van der Waals surface area contributed by atoms with Gasteiger partial charge in [0.25, 0.3) is 5.91 Å². The van der Waals surface area contributed by atoms with Crippen LogP contribution >= 0.6 is 11.3 Å². The Bertz CT molecular complexity index is 1170. The van der Waals surface area contributed by atoms with Crippen molar-refractivity contribution in [2.75, 3.05) is 25.7 Å². The van der Waals surface area contributed by atoms with Crippen molar-refractivity contribution in [3.8, 4) is 11.5 Å². The van der Waals surface area contributed by atoms with Crippen LogP contribution in [0.1, 0.15) is 32.9 Å². The third-order valence-electron chi connectivity index (χ3n) is 5.77. The van der Waals surface area contributed by atoms with Crippen LogP contribution in [-0.2, 0) is 16.8 Å². The highest BCUT2D eigenvalue weighted by molar-refractivity contribution is 7.09. The molecule has 0 saturated carbocycles. The molecule has 0 spiro atoms. The number of amides is 1. The Labute approximate surface area is 190 Å². The highest BCUT2D eigenvalue weighted by Crippen LogP contribution is 2.43. The molecule has 32 heavy (non-hydrogen) atoms. The van der Waals surface area contributed by atoms with Crippen LogP contribution < -0.4 is 14.4 Å². The van der Waals surface area contributed by atoms with Crippen molar-refractivity contribution in [1.29, 1.82) is 0 Å². The number of ketones is 1. The standard InChI is InChI=1S/C24H24N2O5S/c1-15-22(32-14-25-15)10-11-26-19-7-5-4-6-18(19)24(29,23(26)28)13-20(27)17-9-8-16(30-2)12-21(17)31-3/h4-9,12,14,29H,10-11,13H2,1-3H3. The molecule has 1 aromatic heterocycles. The van der Waals surface area contributed by atoms with Gasteiger partial charge in [0.1, 0.15) is 11.5 Å². The fourth-order valence-electron chi connectivity index (χ4n) is 4.04. The van der Waals surface area contributed by atoms with Gasteiger partial charge in [-0.2, -0.15) is 0 Å². The monoisotopic (exact) mass is 452 g/mol. The number of Topliss-reactive ketones (excluding diaryl/α,β-unsaturated/α-hetero) is 1. The number of rotatable bonds is 8. The highest BCUT2D eigenvalue weighted by atomic mass is 32.1. The molecule has 2 aromatic carbocycles. The van der Waals surface area contributed by atoms with E-state index in [0.29, 0.717) is 35.7 Å². The Kier molecular flexibility index (Phi) is 5.99. The number of ether oxygens (including phenoxy) is 2. The molecule has 0 radical (unpaired) electrons.